The molecule has 0 aliphatic carbocycles. The van der Waals surface area contributed by atoms with Gasteiger partial charge in [0, 0.05) is 12.6 Å². The van der Waals surface area contributed by atoms with E-state index in [9.17, 15) is 4.79 Å². The molecule has 2 aromatic rings. The van der Waals surface area contributed by atoms with Crippen molar-refractivity contribution in [2.24, 2.45) is 0 Å². The summed E-state index contributed by atoms with van der Waals surface area (Å²) in [6.45, 7) is 0. The number of rotatable bonds is 4. The van der Waals surface area contributed by atoms with Crippen LogP contribution in [0, 0.1) is 0 Å². The Balaban J connectivity index is 2.42. The smallest absolute Gasteiger partial charge is 0.339 e. The summed E-state index contributed by atoms with van der Waals surface area (Å²) in [6, 6.07) is 10.7. The molecule has 0 radical (unpaired) electrons. The summed E-state index contributed by atoms with van der Waals surface area (Å²) in [5, 5.41) is 11.8. The Hall–Kier alpha value is -2.56. The van der Waals surface area contributed by atoms with E-state index in [0.717, 1.165) is 11.3 Å². The lowest BCUT2D eigenvalue weighted by molar-refractivity contribution is 0.0697. The van der Waals surface area contributed by atoms with Crippen LogP contribution < -0.4 is 10.1 Å². The molecule has 0 spiro atoms. The summed E-state index contributed by atoms with van der Waals surface area (Å²) in [6.07, 6.45) is 0. The molecule has 98 valence electrons. The molecule has 19 heavy (non-hydrogen) atoms. The van der Waals surface area contributed by atoms with Crippen LogP contribution in [-0.2, 0) is 0 Å². The zero-order chi connectivity index (χ0) is 13.8. The van der Waals surface area contributed by atoms with Crippen LogP contribution in [0.2, 0.25) is 0 Å². The Kier molecular flexibility index (Phi) is 3.66. The van der Waals surface area contributed by atoms with Crippen LogP contribution in [0.25, 0.3) is 11.3 Å². The average Bonchev–Trinajstić information content (AvgIpc) is 2.46. The van der Waals surface area contributed by atoms with Gasteiger partial charge in [0.1, 0.15) is 17.1 Å². The van der Waals surface area contributed by atoms with Gasteiger partial charge in [-0.2, -0.15) is 0 Å². The highest BCUT2D eigenvalue weighted by molar-refractivity contribution is 5.93. The quantitative estimate of drug-likeness (QED) is 0.881. The van der Waals surface area contributed by atoms with E-state index in [1.165, 1.54) is 0 Å². The Bertz CT molecular complexity index is 594. The lowest BCUT2D eigenvalue weighted by atomic mass is 10.1. The minimum Gasteiger partial charge on any atom is -0.497 e. The van der Waals surface area contributed by atoms with Crippen molar-refractivity contribution in [1.82, 2.24) is 4.98 Å². The first-order valence-corrected chi connectivity index (χ1v) is 5.72. The van der Waals surface area contributed by atoms with Gasteiger partial charge in [0.25, 0.3) is 0 Å². The first-order chi connectivity index (χ1) is 9.15. The minimum absolute atomic E-state index is 0.153. The molecular weight excluding hydrogens is 244 g/mol. The van der Waals surface area contributed by atoms with E-state index in [1.54, 1.807) is 26.3 Å². The second-order valence-corrected chi connectivity index (χ2v) is 3.88. The molecule has 0 unspecified atom stereocenters. The number of ether oxygens (including phenoxy) is 1. The van der Waals surface area contributed by atoms with Crippen LogP contribution >= 0.6 is 0 Å². The minimum atomic E-state index is -1.00. The first kappa shape index (κ1) is 12.9. The van der Waals surface area contributed by atoms with Gasteiger partial charge in [-0.15, -0.1) is 0 Å². The molecule has 0 saturated heterocycles. The van der Waals surface area contributed by atoms with E-state index in [4.69, 9.17) is 9.84 Å². The van der Waals surface area contributed by atoms with Crippen molar-refractivity contribution in [3.05, 3.63) is 42.0 Å². The van der Waals surface area contributed by atoms with Crippen molar-refractivity contribution in [2.75, 3.05) is 19.5 Å². The van der Waals surface area contributed by atoms with Crippen molar-refractivity contribution < 1.29 is 14.6 Å². The van der Waals surface area contributed by atoms with Gasteiger partial charge in [-0.1, -0.05) is 0 Å². The van der Waals surface area contributed by atoms with Crippen molar-refractivity contribution >= 4 is 11.8 Å². The molecule has 1 aromatic heterocycles. The van der Waals surface area contributed by atoms with Crippen LogP contribution in [-0.4, -0.2) is 30.2 Å². The van der Waals surface area contributed by atoms with E-state index in [-0.39, 0.29) is 5.56 Å². The Morgan fingerprint density at radius 3 is 2.42 bits per heavy atom. The molecule has 0 bridgehead atoms. The van der Waals surface area contributed by atoms with Crippen LogP contribution in [0.1, 0.15) is 10.4 Å². The van der Waals surface area contributed by atoms with Gasteiger partial charge in [-0.05, 0) is 36.4 Å². The second kappa shape index (κ2) is 5.39. The van der Waals surface area contributed by atoms with E-state index < -0.39 is 5.97 Å². The number of nitrogens with one attached hydrogen (secondary N) is 1. The largest absolute Gasteiger partial charge is 0.497 e. The third-order valence-corrected chi connectivity index (χ3v) is 2.75. The van der Waals surface area contributed by atoms with Crippen LogP contribution in [0.15, 0.2) is 36.4 Å². The van der Waals surface area contributed by atoms with Crippen LogP contribution in [0.3, 0.4) is 0 Å². The molecule has 2 rings (SSSR count). The number of anilines is 1. The predicted octanol–water partition coefficient (Wildman–Crippen LogP) is 2.50. The number of hydrogen-bond acceptors (Lipinski definition) is 4. The second-order valence-electron chi connectivity index (χ2n) is 3.88. The number of carboxylic acids is 1. The number of aromatic nitrogens is 1. The zero-order valence-electron chi connectivity index (χ0n) is 10.7. The highest BCUT2D eigenvalue weighted by Gasteiger charge is 2.11. The summed E-state index contributed by atoms with van der Waals surface area (Å²) in [7, 11) is 3.25. The maximum Gasteiger partial charge on any atom is 0.339 e. The molecule has 1 heterocycles. The van der Waals surface area contributed by atoms with Gasteiger partial charge < -0.3 is 15.2 Å². The normalized spacial score (nSPS) is 10.0. The molecule has 0 aliphatic heterocycles. The monoisotopic (exact) mass is 258 g/mol. The topological polar surface area (TPSA) is 71.5 Å². The lowest BCUT2D eigenvalue weighted by Crippen LogP contribution is -2.05. The number of carbonyl (C=O) groups is 1. The van der Waals surface area contributed by atoms with Crippen molar-refractivity contribution in [1.29, 1.82) is 0 Å². The average molecular weight is 258 g/mol. The molecule has 0 atom stereocenters. The standard InChI is InChI=1S/C14H14N2O3/c1-15-13-11(14(17)18)7-8-12(16-13)9-3-5-10(19-2)6-4-9/h3-8H,1-2H3,(H,15,16)(H,17,18). The van der Waals surface area contributed by atoms with Crippen LogP contribution in [0.4, 0.5) is 5.82 Å². The van der Waals surface area contributed by atoms with Gasteiger partial charge in [0.15, 0.2) is 0 Å². The fourth-order valence-electron chi connectivity index (χ4n) is 1.74. The maximum atomic E-state index is 11.0. The maximum absolute atomic E-state index is 11.0. The predicted molar refractivity (Wildman–Crippen MR) is 72.7 cm³/mol. The summed E-state index contributed by atoms with van der Waals surface area (Å²) < 4.78 is 5.09. The van der Waals surface area contributed by atoms with Gasteiger partial charge in [-0.3, -0.25) is 0 Å². The fraction of sp³-hybridized carbons (Fsp3) is 0.143. The number of benzene rings is 1. The zero-order valence-corrected chi connectivity index (χ0v) is 10.7. The molecule has 1 aromatic carbocycles. The summed E-state index contributed by atoms with van der Waals surface area (Å²) in [5.41, 5.74) is 1.76. The van der Waals surface area contributed by atoms with Gasteiger partial charge >= 0.3 is 5.97 Å². The molecule has 2 N–H and O–H groups in total. The molecule has 0 aliphatic rings. The third-order valence-electron chi connectivity index (χ3n) is 2.75. The molecule has 0 amide bonds. The van der Waals surface area contributed by atoms with E-state index in [2.05, 4.69) is 10.3 Å². The summed E-state index contributed by atoms with van der Waals surface area (Å²) in [4.78, 5) is 15.3. The lowest BCUT2D eigenvalue weighted by Gasteiger charge is -2.08. The van der Waals surface area contributed by atoms with E-state index in [0.29, 0.717) is 11.5 Å². The number of hydrogen-bond donors (Lipinski definition) is 2. The molecule has 0 fully saturated rings. The Morgan fingerprint density at radius 1 is 1.21 bits per heavy atom. The number of nitrogens with zero attached hydrogens (tertiary/aromatic N) is 1. The Labute approximate surface area is 110 Å². The van der Waals surface area contributed by atoms with Gasteiger partial charge in [0.2, 0.25) is 0 Å². The number of methoxy groups -OCH3 is 1. The third kappa shape index (κ3) is 2.65. The first-order valence-electron chi connectivity index (χ1n) is 5.72. The Morgan fingerprint density at radius 2 is 1.89 bits per heavy atom. The fourth-order valence-corrected chi connectivity index (χ4v) is 1.74. The molecular formula is C14H14N2O3. The SMILES string of the molecule is CNc1nc(-c2ccc(OC)cc2)ccc1C(=O)O. The van der Waals surface area contributed by atoms with E-state index >= 15 is 0 Å². The number of carboxylic acid groups (broad SMARTS) is 1. The van der Waals surface area contributed by atoms with Gasteiger partial charge in [-0.25, -0.2) is 9.78 Å². The van der Waals surface area contributed by atoms with E-state index in [1.807, 2.05) is 24.3 Å². The van der Waals surface area contributed by atoms with Gasteiger partial charge in [0.05, 0.1) is 12.8 Å². The summed E-state index contributed by atoms with van der Waals surface area (Å²) >= 11 is 0. The summed E-state index contributed by atoms with van der Waals surface area (Å²) in [5.74, 6) is 0.110. The highest BCUT2D eigenvalue weighted by Crippen LogP contribution is 2.23. The molecule has 5 heteroatoms. The molecule has 0 saturated carbocycles. The number of pyridine rings is 1. The number of aromatic carboxylic acids is 1. The highest BCUT2D eigenvalue weighted by atomic mass is 16.5. The molecule has 5 nitrogen and oxygen atoms in total. The van der Waals surface area contributed by atoms with Crippen molar-refractivity contribution in [3.63, 3.8) is 0 Å². The van der Waals surface area contributed by atoms with Crippen LogP contribution in [0.5, 0.6) is 5.75 Å². The van der Waals surface area contributed by atoms with Crippen molar-refractivity contribution in [2.45, 2.75) is 0 Å². The van der Waals surface area contributed by atoms with Crippen molar-refractivity contribution in [3.8, 4) is 17.0 Å².